The molecule has 0 aliphatic heterocycles. The summed E-state index contributed by atoms with van der Waals surface area (Å²) in [6.45, 7) is 0.147. The van der Waals surface area contributed by atoms with Crippen LogP contribution >= 0.6 is 0 Å². The van der Waals surface area contributed by atoms with Crippen LogP contribution in [0.2, 0.25) is 0 Å². The SMILES string of the molecule is O=C(Nc1ccc(C(F)(F)F)cc1)N(Cc1ccccc1)Cc1ccc(C(F)(F)F)cc1. The molecule has 0 aromatic heterocycles. The molecule has 0 saturated heterocycles. The number of carbonyl (C=O) groups is 1. The van der Waals surface area contributed by atoms with E-state index in [4.69, 9.17) is 0 Å². The number of anilines is 1. The Balaban J connectivity index is 1.78. The molecule has 2 amide bonds. The molecule has 0 radical (unpaired) electrons. The Kier molecular flexibility index (Phi) is 6.76. The third-order valence-electron chi connectivity index (χ3n) is 4.62. The van der Waals surface area contributed by atoms with Crippen molar-refractivity contribution < 1.29 is 31.1 Å². The summed E-state index contributed by atoms with van der Waals surface area (Å²) >= 11 is 0. The Bertz CT molecular complexity index is 1030. The minimum atomic E-state index is -4.50. The number of hydrogen-bond acceptors (Lipinski definition) is 1. The molecule has 0 fully saturated rings. The van der Waals surface area contributed by atoms with Crippen LogP contribution < -0.4 is 5.32 Å². The lowest BCUT2D eigenvalue weighted by Gasteiger charge is -2.24. The fraction of sp³-hybridized carbons (Fsp3) is 0.174. The number of hydrogen-bond donors (Lipinski definition) is 1. The van der Waals surface area contributed by atoms with Crippen molar-refractivity contribution in [2.24, 2.45) is 0 Å². The number of carbonyl (C=O) groups excluding carboxylic acids is 1. The van der Waals surface area contributed by atoms with Crippen LogP contribution in [0, 0.1) is 0 Å². The minimum absolute atomic E-state index is 0.000497. The first kappa shape index (κ1) is 23.2. The largest absolute Gasteiger partial charge is 0.416 e. The van der Waals surface area contributed by atoms with Gasteiger partial charge in [0.1, 0.15) is 0 Å². The Hall–Kier alpha value is -3.49. The zero-order chi connectivity index (χ0) is 23.4. The smallest absolute Gasteiger partial charge is 0.316 e. The number of alkyl halides is 6. The van der Waals surface area contributed by atoms with Gasteiger partial charge in [0.2, 0.25) is 0 Å². The number of urea groups is 1. The molecule has 3 nitrogen and oxygen atoms in total. The quantitative estimate of drug-likeness (QED) is 0.417. The lowest BCUT2D eigenvalue weighted by Crippen LogP contribution is -2.34. The summed E-state index contributed by atoms with van der Waals surface area (Å²) in [5.41, 5.74) is -0.238. The summed E-state index contributed by atoms with van der Waals surface area (Å²) in [7, 11) is 0. The van der Waals surface area contributed by atoms with Gasteiger partial charge in [-0.15, -0.1) is 0 Å². The molecule has 0 spiro atoms. The van der Waals surface area contributed by atoms with Crippen LogP contribution in [0.4, 0.5) is 36.8 Å². The molecule has 3 aromatic rings. The molecule has 0 atom stereocenters. The van der Waals surface area contributed by atoms with Gasteiger partial charge in [-0.05, 0) is 47.5 Å². The molecule has 0 saturated carbocycles. The highest BCUT2D eigenvalue weighted by atomic mass is 19.4. The van der Waals surface area contributed by atoms with Crippen molar-refractivity contribution in [3.05, 3.63) is 101 Å². The number of nitrogens with one attached hydrogen (secondary N) is 1. The van der Waals surface area contributed by atoms with Crippen LogP contribution in [0.5, 0.6) is 0 Å². The van der Waals surface area contributed by atoms with Crippen molar-refractivity contribution in [3.8, 4) is 0 Å². The molecule has 168 valence electrons. The third kappa shape index (κ3) is 6.26. The molecule has 0 aliphatic carbocycles. The van der Waals surface area contributed by atoms with Gasteiger partial charge in [0, 0.05) is 18.8 Å². The van der Waals surface area contributed by atoms with Gasteiger partial charge in [-0.1, -0.05) is 42.5 Å². The average Bonchev–Trinajstić information content (AvgIpc) is 2.73. The van der Waals surface area contributed by atoms with E-state index in [1.807, 2.05) is 0 Å². The molecular formula is C23H18F6N2O. The topological polar surface area (TPSA) is 32.3 Å². The maximum absolute atomic E-state index is 12.8. The molecule has 32 heavy (non-hydrogen) atoms. The first-order valence-corrected chi connectivity index (χ1v) is 9.45. The van der Waals surface area contributed by atoms with E-state index in [0.29, 0.717) is 5.56 Å². The van der Waals surface area contributed by atoms with Gasteiger partial charge in [-0.3, -0.25) is 0 Å². The fourth-order valence-electron chi connectivity index (χ4n) is 2.97. The van der Waals surface area contributed by atoms with Crippen LogP contribution in [-0.2, 0) is 25.4 Å². The van der Waals surface area contributed by atoms with E-state index in [1.54, 1.807) is 30.3 Å². The molecule has 0 heterocycles. The average molecular weight is 452 g/mol. The zero-order valence-electron chi connectivity index (χ0n) is 16.5. The summed E-state index contributed by atoms with van der Waals surface area (Å²) in [5.74, 6) is 0. The summed E-state index contributed by atoms with van der Waals surface area (Å²) < 4.78 is 76.6. The van der Waals surface area contributed by atoms with Gasteiger partial charge in [-0.2, -0.15) is 26.3 Å². The maximum Gasteiger partial charge on any atom is 0.416 e. The zero-order valence-corrected chi connectivity index (χ0v) is 16.5. The summed E-state index contributed by atoms with van der Waals surface area (Å²) in [6, 6.07) is 16.7. The van der Waals surface area contributed by atoms with E-state index < -0.39 is 29.5 Å². The monoisotopic (exact) mass is 452 g/mol. The van der Waals surface area contributed by atoms with Gasteiger partial charge in [0.15, 0.2) is 0 Å². The van der Waals surface area contributed by atoms with E-state index in [9.17, 15) is 31.1 Å². The van der Waals surface area contributed by atoms with Crippen LogP contribution in [0.3, 0.4) is 0 Å². The second kappa shape index (κ2) is 9.33. The lowest BCUT2D eigenvalue weighted by molar-refractivity contribution is -0.138. The van der Waals surface area contributed by atoms with Crippen molar-refractivity contribution in [1.82, 2.24) is 4.90 Å². The van der Waals surface area contributed by atoms with Crippen LogP contribution in [0.15, 0.2) is 78.9 Å². The lowest BCUT2D eigenvalue weighted by atomic mass is 10.1. The Morgan fingerprint density at radius 2 is 1.09 bits per heavy atom. The molecule has 1 N–H and O–H groups in total. The molecule has 3 aromatic carbocycles. The number of benzene rings is 3. The second-order valence-electron chi connectivity index (χ2n) is 7.04. The number of amides is 2. The Labute approximate surface area is 180 Å². The third-order valence-corrected chi connectivity index (χ3v) is 4.62. The molecular weight excluding hydrogens is 434 g/mol. The van der Waals surface area contributed by atoms with E-state index >= 15 is 0 Å². The van der Waals surface area contributed by atoms with Gasteiger partial charge in [0.25, 0.3) is 0 Å². The highest BCUT2D eigenvalue weighted by Crippen LogP contribution is 2.30. The van der Waals surface area contributed by atoms with Crippen LogP contribution in [0.1, 0.15) is 22.3 Å². The first-order chi connectivity index (χ1) is 15.0. The molecule has 0 aliphatic rings. The van der Waals surface area contributed by atoms with Crippen molar-refractivity contribution >= 4 is 11.7 Å². The Morgan fingerprint density at radius 1 is 0.656 bits per heavy atom. The van der Waals surface area contributed by atoms with Crippen molar-refractivity contribution in [2.75, 3.05) is 5.32 Å². The summed E-state index contributed by atoms with van der Waals surface area (Å²) in [6.07, 6.45) is -8.97. The molecule has 3 rings (SSSR count). The van der Waals surface area contributed by atoms with Crippen molar-refractivity contribution in [3.63, 3.8) is 0 Å². The van der Waals surface area contributed by atoms with Gasteiger partial charge in [-0.25, -0.2) is 4.79 Å². The van der Waals surface area contributed by atoms with Gasteiger partial charge in [0.05, 0.1) is 11.1 Å². The first-order valence-electron chi connectivity index (χ1n) is 9.45. The maximum atomic E-state index is 12.8. The van der Waals surface area contributed by atoms with E-state index in [0.717, 1.165) is 42.0 Å². The van der Waals surface area contributed by atoms with Crippen LogP contribution in [-0.4, -0.2) is 10.9 Å². The molecule has 0 unspecified atom stereocenters. The number of nitrogens with zero attached hydrogens (tertiary/aromatic N) is 1. The Morgan fingerprint density at radius 3 is 1.56 bits per heavy atom. The van der Waals surface area contributed by atoms with Gasteiger partial charge < -0.3 is 10.2 Å². The van der Waals surface area contributed by atoms with Crippen LogP contribution in [0.25, 0.3) is 0 Å². The van der Waals surface area contributed by atoms with Crippen molar-refractivity contribution in [2.45, 2.75) is 25.4 Å². The summed E-state index contributed by atoms with van der Waals surface area (Å²) in [5, 5.41) is 2.54. The van der Waals surface area contributed by atoms with Gasteiger partial charge >= 0.3 is 18.4 Å². The van der Waals surface area contributed by atoms with E-state index in [-0.39, 0.29) is 18.8 Å². The molecule has 9 heteroatoms. The van der Waals surface area contributed by atoms with E-state index in [2.05, 4.69) is 5.32 Å². The van der Waals surface area contributed by atoms with Crippen molar-refractivity contribution in [1.29, 1.82) is 0 Å². The minimum Gasteiger partial charge on any atom is -0.316 e. The summed E-state index contributed by atoms with van der Waals surface area (Å²) in [4.78, 5) is 14.2. The predicted molar refractivity (Wildman–Crippen MR) is 108 cm³/mol. The van der Waals surface area contributed by atoms with E-state index in [1.165, 1.54) is 17.0 Å². The highest BCUT2D eigenvalue weighted by Gasteiger charge is 2.31. The second-order valence-corrected chi connectivity index (χ2v) is 7.04. The highest BCUT2D eigenvalue weighted by molar-refractivity contribution is 5.89. The fourth-order valence-corrected chi connectivity index (χ4v) is 2.97. The number of halogens is 6. The predicted octanol–water partition coefficient (Wildman–Crippen LogP) is 6.96. The normalized spacial score (nSPS) is 11.8. The molecule has 0 bridgehead atoms. The number of rotatable bonds is 5. The standard InChI is InChI=1S/C23H18F6N2O/c24-22(25,26)18-8-6-17(7-9-18)15-31(14-16-4-2-1-3-5-16)21(32)30-20-12-10-19(11-13-20)23(27,28)29/h1-13H,14-15H2,(H,30,32).